The van der Waals surface area contributed by atoms with E-state index < -0.39 is 12.5 Å². The van der Waals surface area contributed by atoms with Gasteiger partial charge in [0.25, 0.3) is 6.43 Å². The van der Waals surface area contributed by atoms with E-state index in [1.165, 1.54) is 18.2 Å². The van der Waals surface area contributed by atoms with Crippen molar-refractivity contribution in [2.75, 3.05) is 23.9 Å². The molecule has 0 aliphatic rings. The number of urea groups is 1. The Morgan fingerprint density at radius 3 is 2.80 bits per heavy atom. The summed E-state index contributed by atoms with van der Waals surface area (Å²) in [6.45, 7) is -0.0215. The third-order valence-electron chi connectivity index (χ3n) is 2.58. The number of carbonyl (C=O) groups is 1. The van der Waals surface area contributed by atoms with Crippen molar-refractivity contribution in [2.45, 2.75) is 18.9 Å². The Bertz CT molecular complexity index is 427. The van der Waals surface area contributed by atoms with Crippen LogP contribution in [0.25, 0.3) is 0 Å². The van der Waals surface area contributed by atoms with Crippen molar-refractivity contribution in [3.05, 3.63) is 29.8 Å². The third kappa shape index (κ3) is 5.75. The number of amides is 2. The van der Waals surface area contributed by atoms with Crippen molar-refractivity contribution in [1.29, 1.82) is 0 Å². The van der Waals surface area contributed by atoms with Crippen molar-refractivity contribution in [1.82, 2.24) is 5.32 Å². The summed E-state index contributed by atoms with van der Waals surface area (Å²) in [5.74, 6) is 0.672. The number of carbonyl (C=O) groups excluding carboxylic acids is 1. The Morgan fingerprint density at radius 1 is 1.45 bits per heavy atom. The summed E-state index contributed by atoms with van der Waals surface area (Å²) in [6, 6.07) is 4.92. The molecule has 0 fully saturated rings. The zero-order valence-corrected chi connectivity index (χ0v) is 11.9. The quantitative estimate of drug-likeness (QED) is 0.726. The highest BCUT2D eigenvalue weighted by atomic mass is 32.2. The Morgan fingerprint density at radius 2 is 2.20 bits per heavy atom. The molecule has 0 bridgehead atoms. The largest absolute Gasteiger partial charge is 0.396 e. The van der Waals surface area contributed by atoms with Gasteiger partial charge in [0.15, 0.2) is 0 Å². The van der Waals surface area contributed by atoms with E-state index in [0.717, 1.165) is 0 Å². The number of thioether (sulfide) groups is 1. The zero-order valence-electron chi connectivity index (χ0n) is 11.1. The Kier molecular flexibility index (Phi) is 7.32. The predicted molar refractivity (Wildman–Crippen MR) is 77.4 cm³/mol. The minimum Gasteiger partial charge on any atom is -0.396 e. The van der Waals surface area contributed by atoms with Crippen LogP contribution in [0.3, 0.4) is 0 Å². The number of hydrogen-bond acceptors (Lipinski definition) is 3. The van der Waals surface area contributed by atoms with Gasteiger partial charge in [-0.3, -0.25) is 0 Å². The molecule has 1 aromatic carbocycles. The molecule has 112 valence electrons. The molecule has 0 spiro atoms. The molecule has 7 heteroatoms. The van der Waals surface area contributed by atoms with Crippen LogP contribution in [0.2, 0.25) is 0 Å². The molecule has 1 aromatic rings. The maximum Gasteiger partial charge on any atom is 0.319 e. The molecule has 1 rings (SSSR count). The number of alkyl halides is 2. The van der Waals surface area contributed by atoms with E-state index in [-0.39, 0.29) is 18.2 Å². The lowest BCUT2D eigenvalue weighted by atomic mass is 10.2. The minimum absolute atomic E-state index is 0.0215. The van der Waals surface area contributed by atoms with Gasteiger partial charge in [0.2, 0.25) is 0 Å². The van der Waals surface area contributed by atoms with E-state index in [4.69, 9.17) is 5.11 Å². The summed E-state index contributed by atoms with van der Waals surface area (Å²) in [6.07, 6.45) is -0.222. The maximum atomic E-state index is 12.5. The van der Waals surface area contributed by atoms with Gasteiger partial charge >= 0.3 is 6.03 Å². The van der Waals surface area contributed by atoms with E-state index >= 15 is 0 Å². The molecule has 0 aliphatic carbocycles. The number of halogens is 2. The fourth-order valence-electron chi connectivity index (χ4n) is 1.66. The maximum absolute atomic E-state index is 12.5. The molecule has 2 amide bonds. The van der Waals surface area contributed by atoms with E-state index in [1.54, 1.807) is 17.8 Å². The van der Waals surface area contributed by atoms with Gasteiger partial charge in [0, 0.05) is 29.7 Å². The van der Waals surface area contributed by atoms with Crippen LogP contribution < -0.4 is 10.6 Å². The van der Waals surface area contributed by atoms with Crippen molar-refractivity contribution < 1.29 is 18.7 Å². The molecule has 0 heterocycles. The van der Waals surface area contributed by atoms with Crippen LogP contribution in [-0.4, -0.2) is 35.8 Å². The second-order valence-corrected chi connectivity index (χ2v) is 5.10. The van der Waals surface area contributed by atoms with Crippen LogP contribution in [0.15, 0.2) is 24.3 Å². The summed E-state index contributed by atoms with van der Waals surface area (Å²) < 4.78 is 25.1. The molecule has 0 aliphatic heterocycles. The van der Waals surface area contributed by atoms with Gasteiger partial charge in [0.05, 0.1) is 0 Å². The molecule has 4 nitrogen and oxygen atoms in total. The van der Waals surface area contributed by atoms with Crippen molar-refractivity contribution in [2.24, 2.45) is 0 Å². The van der Waals surface area contributed by atoms with Gasteiger partial charge < -0.3 is 15.7 Å². The normalized spacial score (nSPS) is 12.2. The summed E-state index contributed by atoms with van der Waals surface area (Å²) >= 11 is 1.55. The zero-order chi connectivity index (χ0) is 15.0. The van der Waals surface area contributed by atoms with Gasteiger partial charge in [-0.15, -0.1) is 0 Å². The predicted octanol–water partition coefficient (Wildman–Crippen LogP) is 2.86. The van der Waals surface area contributed by atoms with Crippen LogP contribution >= 0.6 is 11.8 Å². The molecule has 20 heavy (non-hydrogen) atoms. The van der Waals surface area contributed by atoms with Crippen molar-refractivity contribution >= 4 is 23.5 Å². The number of aliphatic hydroxyl groups is 1. The summed E-state index contributed by atoms with van der Waals surface area (Å²) in [7, 11) is 0. The molecular formula is C13H18F2N2O2S. The topological polar surface area (TPSA) is 61.4 Å². The standard InChI is InChI=1S/C13H18F2N2O2S/c1-20-8-11(5-6-18)17-13(19)16-10-4-2-3-9(7-10)12(14)15/h2-4,7,11-12,18H,5-6,8H2,1H3,(H2,16,17,19)/t11-/m0/s1. The first-order valence-corrected chi connectivity index (χ1v) is 7.51. The number of aliphatic hydroxyl groups excluding tert-OH is 1. The summed E-state index contributed by atoms with van der Waals surface area (Å²) in [4.78, 5) is 11.8. The molecular weight excluding hydrogens is 286 g/mol. The number of benzene rings is 1. The molecule has 1 atom stereocenters. The molecule has 0 radical (unpaired) electrons. The fraction of sp³-hybridized carbons (Fsp3) is 0.462. The fourth-order valence-corrected chi connectivity index (χ4v) is 2.31. The highest BCUT2D eigenvalue weighted by molar-refractivity contribution is 7.98. The van der Waals surface area contributed by atoms with Crippen molar-refractivity contribution in [3.63, 3.8) is 0 Å². The summed E-state index contributed by atoms with van der Waals surface area (Å²) in [5.41, 5.74) is 0.172. The molecule has 0 aromatic heterocycles. The highest BCUT2D eigenvalue weighted by Crippen LogP contribution is 2.21. The lowest BCUT2D eigenvalue weighted by Gasteiger charge is -2.17. The number of nitrogens with one attached hydrogen (secondary N) is 2. The van der Waals surface area contributed by atoms with Gasteiger partial charge in [-0.2, -0.15) is 11.8 Å². The monoisotopic (exact) mass is 304 g/mol. The molecule has 0 saturated heterocycles. The van der Waals surface area contributed by atoms with E-state index in [9.17, 15) is 13.6 Å². The first-order chi connectivity index (χ1) is 9.56. The van der Waals surface area contributed by atoms with Gasteiger partial charge in [-0.1, -0.05) is 12.1 Å². The smallest absolute Gasteiger partial charge is 0.319 e. The lowest BCUT2D eigenvalue weighted by Crippen LogP contribution is -2.40. The first kappa shape index (κ1) is 16.7. The van der Waals surface area contributed by atoms with Gasteiger partial charge in [-0.25, -0.2) is 13.6 Å². The molecule has 0 unspecified atom stereocenters. The van der Waals surface area contributed by atoms with Crippen molar-refractivity contribution in [3.8, 4) is 0 Å². The number of hydrogen-bond donors (Lipinski definition) is 3. The van der Waals surface area contributed by atoms with Crippen LogP contribution in [0.1, 0.15) is 18.4 Å². The van der Waals surface area contributed by atoms with E-state index in [0.29, 0.717) is 17.9 Å². The second kappa shape index (κ2) is 8.76. The lowest BCUT2D eigenvalue weighted by molar-refractivity contribution is 0.151. The Balaban J connectivity index is 2.58. The van der Waals surface area contributed by atoms with Crippen LogP contribution in [0, 0.1) is 0 Å². The van der Waals surface area contributed by atoms with Crippen LogP contribution in [0.4, 0.5) is 19.3 Å². The highest BCUT2D eigenvalue weighted by Gasteiger charge is 2.12. The van der Waals surface area contributed by atoms with Gasteiger partial charge in [-0.05, 0) is 24.8 Å². The number of anilines is 1. The van der Waals surface area contributed by atoms with Crippen LogP contribution in [-0.2, 0) is 0 Å². The molecule has 0 saturated carbocycles. The minimum atomic E-state index is -2.57. The third-order valence-corrected chi connectivity index (χ3v) is 3.31. The van der Waals surface area contributed by atoms with E-state index in [1.807, 2.05) is 6.26 Å². The second-order valence-electron chi connectivity index (χ2n) is 4.19. The Hall–Kier alpha value is -1.34. The van der Waals surface area contributed by atoms with E-state index in [2.05, 4.69) is 10.6 Å². The van der Waals surface area contributed by atoms with Gasteiger partial charge in [0.1, 0.15) is 0 Å². The molecule has 3 N–H and O–H groups in total. The average molecular weight is 304 g/mol. The Labute approximate surface area is 120 Å². The number of rotatable bonds is 7. The SMILES string of the molecule is CSC[C@H](CCO)NC(=O)Nc1cccc(C(F)F)c1. The average Bonchev–Trinajstić information content (AvgIpc) is 2.39. The first-order valence-electron chi connectivity index (χ1n) is 6.12. The summed E-state index contributed by atoms with van der Waals surface area (Å²) in [5, 5.41) is 14.1. The van der Waals surface area contributed by atoms with Crippen LogP contribution in [0.5, 0.6) is 0 Å².